The van der Waals surface area contributed by atoms with E-state index in [1.807, 2.05) is 7.05 Å². The number of hydrogen-bond donors (Lipinski definition) is 1. The molecule has 1 heterocycles. The van der Waals surface area contributed by atoms with E-state index in [1.165, 1.54) is 36.0 Å². The molecule has 0 bridgehead atoms. The largest absolute Gasteiger partial charge is 0.344 e. The lowest BCUT2D eigenvalue weighted by molar-refractivity contribution is 0.612. The molecule has 2 aromatic rings. The van der Waals surface area contributed by atoms with Crippen LogP contribution in [0, 0.1) is 5.92 Å². The van der Waals surface area contributed by atoms with Crippen LogP contribution in [0.1, 0.15) is 18.5 Å². The Kier molecular flexibility index (Phi) is 2.89. The molecule has 1 aliphatic carbocycles. The maximum atomic E-state index is 3.24. The van der Waals surface area contributed by atoms with E-state index in [-0.39, 0.29) is 0 Å². The summed E-state index contributed by atoms with van der Waals surface area (Å²) >= 11 is 0. The minimum Gasteiger partial charge on any atom is -0.344 e. The predicted molar refractivity (Wildman–Crippen MR) is 72.3 cm³/mol. The van der Waals surface area contributed by atoms with Crippen molar-refractivity contribution >= 4 is 10.9 Å². The number of nitrogens with one attached hydrogen (secondary N) is 1. The number of para-hydroxylation sites is 1. The van der Waals surface area contributed by atoms with Crippen molar-refractivity contribution < 1.29 is 0 Å². The van der Waals surface area contributed by atoms with E-state index in [0.29, 0.717) is 0 Å². The molecule has 0 radical (unpaired) electrons. The van der Waals surface area contributed by atoms with Gasteiger partial charge in [-0.1, -0.05) is 18.2 Å². The van der Waals surface area contributed by atoms with Crippen LogP contribution in [0.2, 0.25) is 0 Å². The molecule has 1 aromatic carbocycles. The topological polar surface area (TPSA) is 17.0 Å². The van der Waals surface area contributed by atoms with E-state index in [0.717, 1.165) is 18.9 Å². The van der Waals surface area contributed by atoms with E-state index in [9.17, 15) is 0 Å². The Morgan fingerprint density at radius 1 is 1.29 bits per heavy atom. The third-order valence-electron chi connectivity index (χ3n) is 3.67. The van der Waals surface area contributed by atoms with E-state index < -0.39 is 0 Å². The van der Waals surface area contributed by atoms with Gasteiger partial charge < -0.3 is 9.88 Å². The Morgan fingerprint density at radius 3 is 2.88 bits per heavy atom. The second-order valence-corrected chi connectivity index (χ2v) is 5.10. The number of benzene rings is 1. The van der Waals surface area contributed by atoms with Gasteiger partial charge in [0.15, 0.2) is 0 Å². The van der Waals surface area contributed by atoms with Crippen molar-refractivity contribution in [1.82, 2.24) is 9.88 Å². The van der Waals surface area contributed by atoms with Gasteiger partial charge in [-0.15, -0.1) is 0 Å². The van der Waals surface area contributed by atoms with Crippen LogP contribution < -0.4 is 5.32 Å². The van der Waals surface area contributed by atoms with Crippen LogP contribution in [-0.4, -0.2) is 18.2 Å². The zero-order valence-electron chi connectivity index (χ0n) is 10.4. The highest BCUT2D eigenvalue weighted by atomic mass is 15.0. The number of aromatic nitrogens is 1. The van der Waals surface area contributed by atoms with Crippen molar-refractivity contribution in [3.05, 3.63) is 36.0 Å². The zero-order valence-corrected chi connectivity index (χ0v) is 10.4. The first-order valence-electron chi connectivity index (χ1n) is 6.60. The quantitative estimate of drug-likeness (QED) is 0.832. The molecule has 2 heteroatoms. The molecule has 2 nitrogen and oxygen atoms in total. The Labute approximate surface area is 103 Å². The molecule has 0 saturated heterocycles. The second kappa shape index (κ2) is 4.53. The van der Waals surface area contributed by atoms with Gasteiger partial charge in [-0.3, -0.25) is 0 Å². The minimum atomic E-state index is 0.930. The van der Waals surface area contributed by atoms with Gasteiger partial charge >= 0.3 is 0 Å². The molecular formula is C15H20N2. The average Bonchev–Trinajstić information content (AvgIpc) is 3.10. The summed E-state index contributed by atoms with van der Waals surface area (Å²) < 4.78 is 2.53. The number of nitrogens with zero attached hydrogens (tertiary/aromatic N) is 1. The molecule has 1 aliphatic rings. The van der Waals surface area contributed by atoms with Crippen molar-refractivity contribution in [3.63, 3.8) is 0 Å². The van der Waals surface area contributed by atoms with E-state index >= 15 is 0 Å². The summed E-state index contributed by atoms with van der Waals surface area (Å²) in [5.41, 5.74) is 2.89. The summed E-state index contributed by atoms with van der Waals surface area (Å²) in [6, 6.07) is 11.1. The Bertz CT molecular complexity index is 509. The summed E-state index contributed by atoms with van der Waals surface area (Å²) in [4.78, 5) is 0. The first-order valence-corrected chi connectivity index (χ1v) is 6.60. The van der Waals surface area contributed by atoms with Crippen LogP contribution in [0.15, 0.2) is 30.3 Å². The molecule has 0 amide bonds. The van der Waals surface area contributed by atoms with Crippen LogP contribution in [0.4, 0.5) is 0 Å². The van der Waals surface area contributed by atoms with Crippen molar-refractivity contribution in [1.29, 1.82) is 0 Å². The van der Waals surface area contributed by atoms with Crippen molar-refractivity contribution in [2.24, 2.45) is 5.92 Å². The van der Waals surface area contributed by atoms with E-state index in [2.05, 4.69) is 40.2 Å². The molecule has 0 atom stereocenters. The van der Waals surface area contributed by atoms with Gasteiger partial charge in [0.05, 0.1) is 0 Å². The van der Waals surface area contributed by atoms with Gasteiger partial charge in [-0.2, -0.15) is 0 Å². The first-order chi connectivity index (χ1) is 8.38. The van der Waals surface area contributed by atoms with Gasteiger partial charge in [0.2, 0.25) is 0 Å². The van der Waals surface area contributed by atoms with Crippen LogP contribution in [0.25, 0.3) is 10.9 Å². The first kappa shape index (κ1) is 10.8. The number of hydrogen-bond acceptors (Lipinski definition) is 1. The lowest BCUT2D eigenvalue weighted by Crippen LogP contribution is -2.13. The Balaban J connectivity index is 1.98. The van der Waals surface area contributed by atoms with Crippen LogP contribution in [-0.2, 0) is 13.0 Å². The smallest absolute Gasteiger partial charge is 0.0482 e. The average molecular weight is 228 g/mol. The van der Waals surface area contributed by atoms with E-state index in [4.69, 9.17) is 0 Å². The zero-order chi connectivity index (χ0) is 11.7. The number of fused-ring (bicyclic) bond motifs is 1. The van der Waals surface area contributed by atoms with Gasteiger partial charge in [-0.25, -0.2) is 0 Å². The molecule has 1 aromatic heterocycles. The fourth-order valence-corrected chi connectivity index (χ4v) is 2.50. The molecule has 0 unspecified atom stereocenters. The number of likely N-dealkylation sites (N-methyl/N-ethyl adjacent to an activating group) is 1. The maximum absolute atomic E-state index is 3.24. The van der Waals surface area contributed by atoms with Crippen molar-refractivity contribution in [3.8, 4) is 0 Å². The van der Waals surface area contributed by atoms with Crippen LogP contribution >= 0.6 is 0 Å². The molecule has 0 aliphatic heterocycles. The normalized spacial score (nSPS) is 15.6. The highest BCUT2D eigenvalue weighted by molar-refractivity contribution is 5.81. The summed E-state index contributed by atoms with van der Waals surface area (Å²) in [5.74, 6) is 0.930. The third kappa shape index (κ3) is 2.22. The monoisotopic (exact) mass is 228 g/mol. The second-order valence-electron chi connectivity index (χ2n) is 5.10. The van der Waals surface area contributed by atoms with Gasteiger partial charge in [0, 0.05) is 30.7 Å². The SMILES string of the molecule is CNCCc1cc2ccccc2n1CC1CC1. The standard InChI is InChI=1S/C15H20N2/c1-16-9-8-14-10-13-4-2-3-5-15(13)17(14)11-12-6-7-12/h2-5,10,12,16H,6-9,11H2,1H3. The Hall–Kier alpha value is -1.28. The van der Waals surface area contributed by atoms with E-state index in [1.54, 1.807) is 0 Å². The minimum absolute atomic E-state index is 0.930. The molecule has 1 fully saturated rings. The molecule has 3 rings (SSSR count). The van der Waals surface area contributed by atoms with Crippen LogP contribution in [0.3, 0.4) is 0 Å². The van der Waals surface area contributed by atoms with Crippen molar-refractivity contribution in [2.75, 3.05) is 13.6 Å². The maximum Gasteiger partial charge on any atom is 0.0482 e. The Morgan fingerprint density at radius 2 is 2.12 bits per heavy atom. The lowest BCUT2D eigenvalue weighted by atomic mass is 10.2. The fraction of sp³-hybridized carbons (Fsp3) is 0.467. The van der Waals surface area contributed by atoms with Crippen molar-refractivity contribution in [2.45, 2.75) is 25.8 Å². The van der Waals surface area contributed by atoms with Crippen LogP contribution in [0.5, 0.6) is 0 Å². The summed E-state index contributed by atoms with van der Waals surface area (Å²) in [5, 5.41) is 4.63. The molecule has 90 valence electrons. The molecule has 0 spiro atoms. The highest BCUT2D eigenvalue weighted by Crippen LogP contribution is 2.33. The molecule has 17 heavy (non-hydrogen) atoms. The summed E-state index contributed by atoms with van der Waals surface area (Å²) in [6.07, 6.45) is 3.95. The molecule has 1 saturated carbocycles. The third-order valence-corrected chi connectivity index (χ3v) is 3.67. The summed E-state index contributed by atoms with van der Waals surface area (Å²) in [6.45, 7) is 2.27. The predicted octanol–water partition coefficient (Wildman–Crippen LogP) is 2.81. The van der Waals surface area contributed by atoms with Gasteiger partial charge in [-0.05, 0) is 43.3 Å². The fourth-order valence-electron chi connectivity index (χ4n) is 2.50. The lowest BCUT2D eigenvalue weighted by Gasteiger charge is -2.09. The molecular weight excluding hydrogens is 208 g/mol. The highest BCUT2D eigenvalue weighted by Gasteiger charge is 2.23. The molecule has 1 N–H and O–H groups in total. The number of rotatable bonds is 5. The van der Waals surface area contributed by atoms with Gasteiger partial charge in [0.1, 0.15) is 0 Å². The summed E-state index contributed by atoms with van der Waals surface area (Å²) in [7, 11) is 2.02. The van der Waals surface area contributed by atoms with Gasteiger partial charge in [0.25, 0.3) is 0 Å².